The molecular weight excluding hydrogens is 260 g/mol. The maximum absolute atomic E-state index is 11.4. The Bertz CT molecular complexity index is 640. The molecule has 0 aliphatic carbocycles. The van der Waals surface area contributed by atoms with Crippen molar-refractivity contribution in [3.8, 4) is 0 Å². The number of fused-ring (bicyclic) bond motifs is 1. The first-order valence-electron chi connectivity index (χ1n) is 6.68. The van der Waals surface area contributed by atoms with Crippen molar-refractivity contribution in [3.05, 3.63) is 34.5 Å². The first-order valence-corrected chi connectivity index (χ1v) is 6.68. The zero-order valence-electron chi connectivity index (χ0n) is 11.2. The van der Waals surface area contributed by atoms with Gasteiger partial charge in [-0.25, -0.2) is 0 Å². The second-order valence-electron chi connectivity index (χ2n) is 4.78. The fraction of sp³-hybridized carbons (Fsp3) is 0.462. The van der Waals surface area contributed by atoms with E-state index in [0.717, 1.165) is 6.42 Å². The summed E-state index contributed by atoms with van der Waals surface area (Å²) in [6.45, 7) is 3.83. The zero-order valence-corrected chi connectivity index (χ0v) is 11.2. The second kappa shape index (κ2) is 5.09. The molecule has 1 saturated heterocycles. The van der Waals surface area contributed by atoms with Gasteiger partial charge in [-0.3, -0.25) is 0 Å². The monoisotopic (exact) mass is 276 g/mol. The van der Waals surface area contributed by atoms with E-state index in [9.17, 15) is 10.1 Å². The van der Waals surface area contributed by atoms with E-state index in [1.54, 1.807) is 18.3 Å². The summed E-state index contributed by atoms with van der Waals surface area (Å²) in [5.41, 5.74) is 0.593. The Morgan fingerprint density at radius 1 is 1.55 bits per heavy atom. The summed E-state index contributed by atoms with van der Waals surface area (Å²) in [4.78, 5) is 17.5. The van der Waals surface area contributed by atoms with Gasteiger partial charge in [0.05, 0.1) is 25.5 Å². The Hall–Kier alpha value is -2.15. The van der Waals surface area contributed by atoms with Crippen LogP contribution in [0, 0.1) is 10.1 Å². The molecule has 2 aromatic rings. The van der Waals surface area contributed by atoms with E-state index in [1.165, 1.54) is 4.40 Å². The summed E-state index contributed by atoms with van der Waals surface area (Å²) >= 11 is 0. The van der Waals surface area contributed by atoms with Crippen molar-refractivity contribution in [2.45, 2.75) is 19.4 Å². The standard InChI is InChI=1S/C13H16N4O3/c1-2-10-9-20-8-7-15(10)12-13(17(18)19)16-6-4-3-5-11(16)14-12/h3-6,10H,2,7-9H2,1H3/t10-/m0/s1. The van der Waals surface area contributed by atoms with E-state index in [1.807, 2.05) is 17.9 Å². The molecule has 0 spiro atoms. The molecule has 7 nitrogen and oxygen atoms in total. The van der Waals surface area contributed by atoms with E-state index in [0.29, 0.717) is 31.2 Å². The van der Waals surface area contributed by atoms with Gasteiger partial charge in [-0.05, 0) is 17.4 Å². The number of nitrogens with zero attached hydrogens (tertiary/aromatic N) is 4. The van der Waals surface area contributed by atoms with Crippen molar-refractivity contribution in [3.63, 3.8) is 0 Å². The van der Waals surface area contributed by atoms with Gasteiger partial charge in [0.15, 0.2) is 0 Å². The molecule has 3 heterocycles. The molecule has 1 fully saturated rings. The minimum absolute atomic E-state index is 0.0287. The molecular formula is C13H16N4O3. The summed E-state index contributed by atoms with van der Waals surface area (Å²) in [6, 6.07) is 5.50. The second-order valence-corrected chi connectivity index (χ2v) is 4.78. The predicted molar refractivity (Wildman–Crippen MR) is 74.1 cm³/mol. The molecule has 0 saturated carbocycles. The quantitative estimate of drug-likeness (QED) is 0.632. The molecule has 7 heteroatoms. The average molecular weight is 276 g/mol. The molecule has 20 heavy (non-hydrogen) atoms. The van der Waals surface area contributed by atoms with E-state index in [4.69, 9.17) is 4.74 Å². The highest BCUT2D eigenvalue weighted by molar-refractivity contribution is 5.64. The molecule has 0 bridgehead atoms. The van der Waals surface area contributed by atoms with Gasteiger partial charge in [0.1, 0.15) is 0 Å². The minimum atomic E-state index is -0.364. The number of nitro groups is 1. The summed E-state index contributed by atoms with van der Waals surface area (Å²) < 4.78 is 6.98. The molecule has 0 unspecified atom stereocenters. The van der Waals surface area contributed by atoms with Crippen LogP contribution in [0.25, 0.3) is 5.65 Å². The lowest BCUT2D eigenvalue weighted by Crippen LogP contribution is -2.45. The number of anilines is 1. The minimum Gasteiger partial charge on any atom is -0.377 e. The Balaban J connectivity index is 2.14. The SMILES string of the molecule is CC[C@H]1COCCN1c1nc2ccccn2c1[N+](=O)[O-]. The highest BCUT2D eigenvalue weighted by atomic mass is 16.6. The van der Waals surface area contributed by atoms with Gasteiger partial charge in [-0.15, -0.1) is 0 Å². The lowest BCUT2D eigenvalue weighted by Gasteiger charge is -2.34. The summed E-state index contributed by atoms with van der Waals surface area (Å²) in [5.74, 6) is 0.470. The molecule has 3 rings (SSSR count). The van der Waals surface area contributed by atoms with Crippen LogP contribution in [0.2, 0.25) is 0 Å². The van der Waals surface area contributed by atoms with Crippen LogP contribution in [0.1, 0.15) is 13.3 Å². The van der Waals surface area contributed by atoms with E-state index < -0.39 is 0 Å². The molecule has 0 aromatic carbocycles. The van der Waals surface area contributed by atoms with Gasteiger partial charge in [0.25, 0.3) is 0 Å². The van der Waals surface area contributed by atoms with Crippen molar-refractivity contribution in [2.24, 2.45) is 0 Å². The van der Waals surface area contributed by atoms with Crippen LogP contribution in [0.3, 0.4) is 0 Å². The lowest BCUT2D eigenvalue weighted by molar-refractivity contribution is -0.389. The number of hydrogen-bond donors (Lipinski definition) is 0. The first kappa shape index (κ1) is 12.9. The first-order chi connectivity index (χ1) is 9.72. The van der Waals surface area contributed by atoms with Crippen LogP contribution in [-0.2, 0) is 4.74 Å². The van der Waals surface area contributed by atoms with Crippen LogP contribution in [0.5, 0.6) is 0 Å². The number of aromatic nitrogens is 2. The largest absolute Gasteiger partial charge is 0.377 e. The maximum atomic E-state index is 11.4. The van der Waals surface area contributed by atoms with Gasteiger partial charge in [0, 0.05) is 12.6 Å². The fourth-order valence-electron chi connectivity index (χ4n) is 2.60. The van der Waals surface area contributed by atoms with Gasteiger partial charge in [-0.2, -0.15) is 9.38 Å². The van der Waals surface area contributed by atoms with Gasteiger partial charge >= 0.3 is 5.82 Å². The summed E-state index contributed by atoms with van der Waals surface area (Å²) in [7, 11) is 0. The van der Waals surface area contributed by atoms with Crippen LogP contribution in [0.15, 0.2) is 24.4 Å². The number of pyridine rings is 1. The molecule has 1 aliphatic rings. The van der Waals surface area contributed by atoms with Crippen LogP contribution < -0.4 is 4.90 Å². The fourth-order valence-corrected chi connectivity index (χ4v) is 2.60. The van der Waals surface area contributed by atoms with Crippen molar-refractivity contribution in [1.29, 1.82) is 0 Å². The number of morpholine rings is 1. The Morgan fingerprint density at radius 2 is 2.40 bits per heavy atom. The lowest BCUT2D eigenvalue weighted by atomic mass is 10.2. The summed E-state index contributed by atoms with van der Waals surface area (Å²) in [6.07, 6.45) is 2.54. The van der Waals surface area contributed by atoms with Gasteiger partial charge < -0.3 is 19.8 Å². The number of rotatable bonds is 3. The summed E-state index contributed by atoms with van der Waals surface area (Å²) in [5, 5.41) is 11.4. The van der Waals surface area contributed by atoms with Crippen LogP contribution >= 0.6 is 0 Å². The topological polar surface area (TPSA) is 72.9 Å². The highest BCUT2D eigenvalue weighted by Crippen LogP contribution is 2.31. The van der Waals surface area contributed by atoms with Crippen molar-refractivity contribution < 1.29 is 9.66 Å². The Labute approximate surface area is 115 Å². The van der Waals surface area contributed by atoms with Crippen LogP contribution in [0.4, 0.5) is 11.6 Å². The number of ether oxygens (including phenoxy) is 1. The highest BCUT2D eigenvalue weighted by Gasteiger charge is 2.32. The normalized spacial score (nSPS) is 19.4. The maximum Gasteiger partial charge on any atom is 0.372 e. The van der Waals surface area contributed by atoms with E-state index >= 15 is 0 Å². The van der Waals surface area contributed by atoms with Gasteiger partial charge in [-0.1, -0.05) is 13.0 Å². The third-order valence-electron chi connectivity index (χ3n) is 3.63. The molecule has 106 valence electrons. The zero-order chi connectivity index (χ0) is 14.1. The van der Waals surface area contributed by atoms with Crippen molar-refractivity contribution in [1.82, 2.24) is 9.38 Å². The van der Waals surface area contributed by atoms with Crippen LogP contribution in [-0.4, -0.2) is 40.1 Å². The number of hydrogen-bond acceptors (Lipinski definition) is 5. The molecule has 1 atom stereocenters. The molecule has 0 N–H and O–H groups in total. The van der Waals surface area contributed by atoms with Gasteiger partial charge in [0.2, 0.25) is 11.5 Å². The Kier molecular flexibility index (Phi) is 3.27. The molecule has 0 amide bonds. The van der Waals surface area contributed by atoms with E-state index in [2.05, 4.69) is 4.98 Å². The Morgan fingerprint density at radius 3 is 3.15 bits per heavy atom. The smallest absolute Gasteiger partial charge is 0.372 e. The average Bonchev–Trinajstić information content (AvgIpc) is 2.86. The molecule has 2 aromatic heterocycles. The third-order valence-corrected chi connectivity index (χ3v) is 3.63. The van der Waals surface area contributed by atoms with Crippen molar-refractivity contribution >= 4 is 17.3 Å². The number of imidazole rings is 1. The molecule has 1 aliphatic heterocycles. The van der Waals surface area contributed by atoms with E-state index in [-0.39, 0.29) is 16.8 Å². The van der Waals surface area contributed by atoms with Crippen molar-refractivity contribution in [2.75, 3.05) is 24.7 Å². The molecule has 0 radical (unpaired) electrons. The predicted octanol–water partition coefficient (Wildman–Crippen LogP) is 1.86. The third kappa shape index (κ3) is 2.00.